The van der Waals surface area contributed by atoms with Crippen molar-refractivity contribution in [1.82, 2.24) is 0 Å². The standard InChI is InChI=1S/C35H48O3/c1-23(2)10-9-11-24(3)29-14-15-30-32-26(22-36)20-27-21-28(38-33(37)25-12-7-6-8-13-25)16-18-34(27,4)31(32)17-19-35(29,30)5/h6-8,12-13,20,23-24,28-32H,9-11,14-19,21H2,1-5H3/t24?,28-,29+,30-,31-,32-,34-,35+/m0/s1. The number of carbonyl (C=O) groups is 1. The van der Waals surface area contributed by atoms with Gasteiger partial charge < -0.3 is 4.74 Å². The summed E-state index contributed by atoms with van der Waals surface area (Å²) >= 11 is 0. The van der Waals surface area contributed by atoms with Gasteiger partial charge in [-0.15, -0.1) is 0 Å². The van der Waals surface area contributed by atoms with Crippen LogP contribution in [0.5, 0.6) is 0 Å². The summed E-state index contributed by atoms with van der Waals surface area (Å²) in [6, 6.07) is 9.28. The van der Waals surface area contributed by atoms with Gasteiger partial charge in [0.15, 0.2) is 0 Å². The minimum absolute atomic E-state index is 0.0863. The fourth-order valence-corrected chi connectivity index (χ4v) is 9.44. The molecule has 3 nitrogen and oxygen atoms in total. The van der Waals surface area contributed by atoms with Gasteiger partial charge in [0.25, 0.3) is 0 Å². The minimum Gasteiger partial charge on any atom is -0.458 e. The first-order valence-electron chi connectivity index (χ1n) is 15.4. The molecule has 0 heterocycles. The molecule has 4 aliphatic carbocycles. The molecule has 3 heteroatoms. The zero-order chi connectivity index (χ0) is 27.1. The van der Waals surface area contributed by atoms with Crippen molar-refractivity contribution in [3.63, 3.8) is 0 Å². The average Bonchev–Trinajstić information content (AvgIpc) is 3.26. The Morgan fingerprint density at radius 3 is 2.47 bits per heavy atom. The van der Waals surface area contributed by atoms with Gasteiger partial charge in [0.05, 0.1) is 5.56 Å². The number of fused-ring (bicyclic) bond motifs is 5. The van der Waals surface area contributed by atoms with Gasteiger partial charge in [-0.1, -0.05) is 77.7 Å². The van der Waals surface area contributed by atoms with Crippen LogP contribution in [-0.2, 0) is 9.53 Å². The van der Waals surface area contributed by atoms with Crippen molar-refractivity contribution in [2.45, 2.75) is 105 Å². The number of carbonyl (C=O) groups excluding carboxylic acids is 2. The van der Waals surface area contributed by atoms with Gasteiger partial charge in [0.1, 0.15) is 12.0 Å². The fraction of sp³-hybridized carbons (Fsp3) is 0.686. The summed E-state index contributed by atoms with van der Waals surface area (Å²) in [5.41, 5.74) is 3.23. The topological polar surface area (TPSA) is 43.4 Å². The molecule has 4 aliphatic rings. The van der Waals surface area contributed by atoms with Crippen molar-refractivity contribution in [2.75, 3.05) is 0 Å². The van der Waals surface area contributed by atoms with Crippen LogP contribution in [0.1, 0.15) is 109 Å². The van der Waals surface area contributed by atoms with Crippen LogP contribution in [0.25, 0.3) is 0 Å². The molecule has 0 bridgehead atoms. The monoisotopic (exact) mass is 516 g/mol. The highest BCUT2D eigenvalue weighted by Gasteiger charge is 2.60. The summed E-state index contributed by atoms with van der Waals surface area (Å²) in [5, 5.41) is 0. The van der Waals surface area contributed by atoms with E-state index in [-0.39, 0.29) is 17.5 Å². The summed E-state index contributed by atoms with van der Waals surface area (Å²) in [7, 11) is 0. The SMILES string of the molecule is CC(C)CCCC(C)[C@H]1CC[C@H]2[C@@H]3C(=C=O)C=C4C[C@@H](OC(=O)c5ccccc5)CC[C@]4(C)[C@H]3CC[C@]12C. The first kappa shape index (κ1) is 27.4. The summed E-state index contributed by atoms with van der Waals surface area (Å²) in [5.74, 6) is 5.91. The van der Waals surface area contributed by atoms with Crippen molar-refractivity contribution >= 4 is 11.9 Å². The average molecular weight is 517 g/mol. The lowest BCUT2D eigenvalue weighted by atomic mass is 9.46. The third-order valence-electron chi connectivity index (χ3n) is 11.5. The highest BCUT2D eigenvalue weighted by molar-refractivity contribution is 5.89. The van der Waals surface area contributed by atoms with Crippen LogP contribution in [0.4, 0.5) is 0 Å². The second kappa shape index (κ2) is 10.8. The van der Waals surface area contributed by atoms with Crippen molar-refractivity contribution < 1.29 is 14.3 Å². The fourth-order valence-electron chi connectivity index (χ4n) is 9.44. The van der Waals surface area contributed by atoms with Gasteiger partial charge in [-0.2, -0.15) is 0 Å². The summed E-state index contributed by atoms with van der Waals surface area (Å²) in [6.07, 6.45) is 13.8. The highest BCUT2D eigenvalue weighted by atomic mass is 16.5. The molecule has 5 rings (SSSR count). The van der Waals surface area contributed by atoms with E-state index in [0.717, 1.165) is 42.6 Å². The number of allylic oxidation sites excluding steroid dienone is 2. The molecule has 0 aromatic heterocycles. The first-order valence-corrected chi connectivity index (χ1v) is 15.4. The van der Waals surface area contributed by atoms with E-state index >= 15 is 0 Å². The van der Waals surface area contributed by atoms with E-state index in [0.29, 0.717) is 28.7 Å². The molecule has 1 unspecified atom stereocenters. The van der Waals surface area contributed by atoms with Gasteiger partial charge in [-0.25, -0.2) is 9.59 Å². The predicted octanol–water partition coefficient (Wildman–Crippen LogP) is 8.62. The number of hydrogen-bond donors (Lipinski definition) is 0. The predicted molar refractivity (Wildman–Crippen MR) is 153 cm³/mol. The molecule has 3 fully saturated rings. The van der Waals surface area contributed by atoms with E-state index in [1.54, 1.807) is 0 Å². The van der Waals surface area contributed by atoms with E-state index in [2.05, 4.69) is 46.6 Å². The Kier molecular flexibility index (Phi) is 7.80. The smallest absolute Gasteiger partial charge is 0.338 e. The molecular weight excluding hydrogens is 468 g/mol. The van der Waals surface area contributed by atoms with Crippen LogP contribution in [0.15, 0.2) is 47.6 Å². The molecule has 0 aliphatic heterocycles. The molecule has 1 aromatic carbocycles. The normalized spacial score (nSPS) is 36.9. The number of esters is 1. The van der Waals surface area contributed by atoms with Crippen molar-refractivity contribution in [3.05, 3.63) is 53.1 Å². The van der Waals surface area contributed by atoms with E-state index in [4.69, 9.17) is 4.74 Å². The van der Waals surface area contributed by atoms with Crippen LogP contribution < -0.4 is 0 Å². The summed E-state index contributed by atoms with van der Waals surface area (Å²) in [6.45, 7) is 12.2. The minimum atomic E-state index is -0.243. The number of hydrogen-bond acceptors (Lipinski definition) is 3. The van der Waals surface area contributed by atoms with Gasteiger partial charge >= 0.3 is 5.97 Å². The van der Waals surface area contributed by atoms with Gasteiger partial charge in [0, 0.05) is 17.9 Å². The maximum absolute atomic E-state index is 12.7. The van der Waals surface area contributed by atoms with Crippen LogP contribution >= 0.6 is 0 Å². The highest BCUT2D eigenvalue weighted by Crippen LogP contribution is 2.68. The van der Waals surface area contributed by atoms with Crippen LogP contribution in [0.2, 0.25) is 0 Å². The molecule has 0 saturated heterocycles. The zero-order valence-electron chi connectivity index (χ0n) is 24.3. The Bertz CT molecular complexity index is 1100. The Morgan fingerprint density at radius 1 is 1.00 bits per heavy atom. The van der Waals surface area contributed by atoms with E-state index in [1.165, 1.54) is 50.5 Å². The van der Waals surface area contributed by atoms with Crippen molar-refractivity contribution in [3.8, 4) is 0 Å². The van der Waals surface area contributed by atoms with Gasteiger partial charge in [-0.05, 0) is 97.2 Å². The Morgan fingerprint density at radius 2 is 1.76 bits per heavy atom. The van der Waals surface area contributed by atoms with E-state index < -0.39 is 0 Å². The lowest BCUT2D eigenvalue weighted by Crippen LogP contribution is -2.51. The van der Waals surface area contributed by atoms with Gasteiger partial charge in [0.2, 0.25) is 0 Å². The molecular formula is C35H48O3. The molecule has 3 saturated carbocycles. The molecule has 8 atom stereocenters. The number of benzene rings is 1. The molecule has 206 valence electrons. The Labute approximate surface area is 230 Å². The third-order valence-corrected chi connectivity index (χ3v) is 11.5. The second-order valence-corrected chi connectivity index (χ2v) is 14.0. The van der Waals surface area contributed by atoms with E-state index in [1.807, 2.05) is 30.3 Å². The largest absolute Gasteiger partial charge is 0.458 e. The summed E-state index contributed by atoms with van der Waals surface area (Å²) < 4.78 is 5.96. The molecule has 0 spiro atoms. The van der Waals surface area contributed by atoms with Crippen LogP contribution in [-0.4, -0.2) is 18.0 Å². The molecule has 0 N–H and O–H groups in total. The lowest BCUT2D eigenvalue weighted by Gasteiger charge is -2.58. The Balaban J connectivity index is 1.34. The van der Waals surface area contributed by atoms with Crippen molar-refractivity contribution in [1.29, 1.82) is 0 Å². The zero-order valence-corrected chi connectivity index (χ0v) is 24.3. The number of rotatable bonds is 7. The maximum atomic E-state index is 12.7. The van der Waals surface area contributed by atoms with Crippen LogP contribution in [0, 0.1) is 46.3 Å². The molecule has 0 radical (unpaired) electrons. The second-order valence-electron chi connectivity index (χ2n) is 14.0. The maximum Gasteiger partial charge on any atom is 0.338 e. The van der Waals surface area contributed by atoms with Crippen LogP contribution in [0.3, 0.4) is 0 Å². The first-order chi connectivity index (χ1) is 18.2. The number of ether oxygens (including phenoxy) is 1. The quantitative estimate of drug-likeness (QED) is 0.269. The summed E-state index contributed by atoms with van der Waals surface area (Å²) in [4.78, 5) is 25.2. The molecule has 1 aromatic rings. The third kappa shape index (κ3) is 4.85. The lowest BCUT2D eigenvalue weighted by molar-refractivity contribution is -0.0444. The van der Waals surface area contributed by atoms with Crippen molar-refractivity contribution in [2.24, 2.45) is 46.3 Å². The molecule has 0 amide bonds. The Hall–Kier alpha value is -2.12. The van der Waals surface area contributed by atoms with E-state index in [9.17, 15) is 9.59 Å². The molecule has 38 heavy (non-hydrogen) atoms. The van der Waals surface area contributed by atoms with Gasteiger partial charge in [-0.3, -0.25) is 0 Å².